The van der Waals surface area contributed by atoms with Crippen LogP contribution in [0, 0.1) is 6.92 Å². The normalized spacial score (nSPS) is 15.2. The Morgan fingerprint density at radius 3 is 1.89 bits per heavy atom. The molecule has 0 N–H and O–H groups in total. The second kappa shape index (κ2) is 8.14. The number of hydrogen-bond donors (Lipinski definition) is 0. The summed E-state index contributed by atoms with van der Waals surface area (Å²) in [7, 11) is -3.37. The number of aryl methyl sites for hydroxylation is 1. The molecule has 0 bridgehead atoms. The van der Waals surface area contributed by atoms with Gasteiger partial charge in [-0.2, -0.15) is 0 Å². The van der Waals surface area contributed by atoms with Crippen LogP contribution in [0.15, 0.2) is 53.4 Å². The zero-order valence-electron chi connectivity index (χ0n) is 16.1. The number of rotatable bonds is 3. The highest BCUT2D eigenvalue weighted by molar-refractivity contribution is 7.90. The lowest BCUT2D eigenvalue weighted by Crippen LogP contribution is -2.37. The Morgan fingerprint density at radius 2 is 1.36 bits per heavy atom. The number of carbonyl (C=O) groups excluding carboxylic acids is 2. The predicted molar refractivity (Wildman–Crippen MR) is 107 cm³/mol. The Labute approximate surface area is 165 Å². The smallest absolute Gasteiger partial charge is 0.253 e. The number of carbonyl (C=O) groups is 2. The Bertz CT molecular complexity index is 1000. The third-order valence-electron chi connectivity index (χ3n) is 4.84. The fraction of sp³-hybridized carbons (Fsp3) is 0.333. The van der Waals surface area contributed by atoms with E-state index in [0.717, 1.165) is 11.8 Å². The van der Waals surface area contributed by atoms with Gasteiger partial charge in [0.15, 0.2) is 9.84 Å². The first-order valence-corrected chi connectivity index (χ1v) is 11.1. The summed E-state index contributed by atoms with van der Waals surface area (Å²) in [6, 6.07) is 13.6. The molecule has 6 nitrogen and oxygen atoms in total. The highest BCUT2D eigenvalue weighted by Gasteiger charge is 2.24. The average molecular weight is 401 g/mol. The summed E-state index contributed by atoms with van der Waals surface area (Å²) in [5, 5.41) is 0. The highest BCUT2D eigenvalue weighted by atomic mass is 32.2. The van der Waals surface area contributed by atoms with Gasteiger partial charge in [0.2, 0.25) is 0 Å². The minimum absolute atomic E-state index is 0.0305. The number of benzene rings is 2. The van der Waals surface area contributed by atoms with Gasteiger partial charge in [-0.3, -0.25) is 9.59 Å². The van der Waals surface area contributed by atoms with Crippen LogP contribution in [-0.4, -0.2) is 62.5 Å². The van der Waals surface area contributed by atoms with Gasteiger partial charge in [0, 0.05) is 43.6 Å². The molecule has 7 heteroatoms. The number of nitrogens with zero attached hydrogens (tertiary/aromatic N) is 2. The molecule has 28 heavy (non-hydrogen) atoms. The SMILES string of the molecule is Cc1cccc(C(=O)N2CCCN(C(=O)c3cccc(S(C)(=O)=O)c3)CC2)c1. The first-order chi connectivity index (χ1) is 13.3. The molecule has 1 fully saturated rings. The molecule has 148 valence electrons. The fourth-order valence-corrected chi connectivity index (χ4v) is 3.99. The fourth-order valence-electron chi connectivity index (χ4n) is 3.33. The van der Waals surface area contributed by atoms with E-state index in [4.69, 9.17) is 0 Å². The number of amides is 2. The van der Waals surface area contributed by atoms with Crippen LogP contribution < -0.4 is 0 Å². The lowest BCUT2D eigenvalue weighted by Gasteiger charge is -2.22. The van der Waals surface area contributed by atoms with Crippen molar-refractivity contribution in [3.05, 3.63) is 65.2 Å². The minimum atomic E-state index is -3.37. The van der Waals surface area contributed by atoms with Crippen LogP contribution in [0.3, 0.4) is 0 Å². The standard InChI is InChI=1S/C21H24N2O4S/c1-16-6-3-7-17(14-16)20(24)22-10-5-11-23(13-12-22)21(25)18-8-4-9-19(15-18)28(2,26)27/h3-4,6-9,14-15H,5,10-13H2,1-2H3. The van der Waals surface area contributed by atoms with Crippen molar-refractivity contribution in [3.63, 3.8) is 0 Å². The van der Waals surface area contributed by atoms with Crippen molar-refractivity contribution in [1.29, 1.82) is 0 Å². The molecule has 2 aromatic carbocycles. The molecular weight excluding hydrogens is 376 g/mol. The Kier molecular flexibility index (Phi) is 5.84. The van der Waals surface area contributed by atoms with E-state index >= 15 is 0 Å². The third kappa shape index (κ3) is 4.59. The lowest BCUT2D eigenvalue weighted by atomic mass is 10.1. The Balaban J connectivity index is 1.71. The van der Waals surface area contributed by atoms with E-state index in [1.165, 1.54) is 12.1 Å². The van der Waals surface area contributed by atoms with Crippen molar-refractivity contribution >= 4 is 21.7 Å². The van der Waals surface area contributed by atoms with E-state index in [2.05, 4.69) is 0 Å². The van der Waals surface area contributed by atoms with Crippen molar-refractivity contribution in [2.45, 2.75) is 18.2 Å². The van der Waals surface area contributed by atoms with E-state index in [-0.39, 0.29) is 16.7 Å². The van der Waals surface area contributed by atoms with Gasteiger partial charge in [-0.15, -0.1) is 0 Å². The van der Waals surface area contributed by atoms with E-state index < -0.39 is 9.84 Å². The van der Waals surface area contributed by atoms with Crippen molar-refractivity contribution in [1.82, 2.24) is 9.80 Å². The summed E-state index contributed by atoms with van der Waals surface area (Å²) < 4.78 is 23.5. The molecule has 1 aliphatic rings. The Morgan fingerprint density at radius 1 is 0.821 bits per heavy atom. The van der Waals surface area contributed by atoms with Crippen LogP contribution in [0.4, 0.5) is 0 Å². The molecule has 1 saturated heterocycles. The molecule has 3 rings (SSSR count). The second-order valence-corrected chi connectivity index (χ2v) is 9.12. The molecule has 0 aromatic heterocycles. The zero-order chi connectivity index (χ0) is 20.3. The van der Waals surface area contributed by atoms with Gasteiger partial charge in [-0.05, 0) is 43.7 Å². The average Bonchev–Trinajstić information content (AvgIpc) is 2.92. The summed E-state index contributed by atoms with van der Waals surface area (Å²) in [6.45, 7) is 3.92. The number of sulfone groups is 1. The summed E-state index contributed by atoms with van der Waals surface area (Å²) in [5.74, 6) is -0.243. The predicted octanol–water partition coefficient (Wildman–Crippen LogP) is 2.39. The maximum atomic E-state index is 12.9. The van der Waals surface area contributed by atoms with Crippen LogP contribution in [-0.2, 0) is 9.84 Å². The van der Waals surface area contributed by atoms with Gasteiger partial charge in [0.1, 0.15) is 0 Å². The molecule has 0 saturated carbocycles. The molecule has 1 heterocycles. The van der Waals surface area contributed by atoms with Gasteiger partial charge in [-0.1, -0.05) is 23.8 Å². The lowest BCUT2D eigenvalue weighted by molar-refractivity contribution is 0.0718. The van der Waals surface area contributed by atoms with Crippen LogP contribution >= 0.6 is 0 Å². The van der Waals surface area contributed by atoms with Crippen LogP contribution in [0.2, 0.25) is 0 Å². The van der Waals surface area contributed by atoms with Crippen LogP contribution in [0.5, 0.6) is 0 Å². The molecular formula is C21H24N2O4S. The molecule has 0 aliphatic carbocycles. The summed E-state index contributed by atoms with van der Waals surface area (Å²) in [5.41, 5.74) is 2.03. The quantitative estimate of drug-likeness (QED) is 0.793. The topological polar surface area (TPSA) is 74.8 Å². The summed E-state index contributed by atoms with van der Waals surface area (Å²) in [6.07, 6.45) is 1.80. The molecule has 1 aliphatic heterocycles. The van der Waals surface area contributed by atoms with Crippen LogP contribution in [0.1, 0.15) is 32.7 Å². The third-order valence-corrected chi connectivity index (χ3v) is 5.95. The summed E-state index contributed by atoms with van der Waals surface area (Å²) in [4.78, 5) is 29.2. The van der Waals surface area contributed by atoms with E-state index in [0.29, 0.717) is 43.7 Å². The van der Waals surface area contributed by atoms with Crippen molar-refractivity contribution in [2.24, 2.45) is 0 Å². The number of hydrogen-bond acceptors (Lipinski definition) is 4. The highest BCUT2D eigenvalue weighted by Crippen LogP contribution is 2.16. The van der Waals surface area contributed by atoms with E-state index in [1.807, 2.05) is 25.1 Å². The van der Waals surface area contributed by atoms with Gasteiger partial charge in [0.05, 0.1) is 4.90 Å². The summed E-state index contributed by atoms with van der Waals surface area (Å²) >= 11 is 0. The second-order valence-electron chi connectivity index (χ2n) is 7.11. The van der Waals surface area contributed by atoms with E-state index in [1.54, 1.807) is 28.0 Å². The van der Waals surface area contributed by atoms with Gasteiger partial charge >= 0.3 is 0 Å². The minimum Gasteiger partial charge on any atom is -0.337 e. The molecule has 0 radical (unpaired) electrons. The maximum absolute atomic E-state index is 12.9. The van der Waals surface area contributed by atoms with Crippen molar-refractivity contribution in [2.75, 3.05) is 32.4 Å². The van der Waals surface area contributed by atoms with Gasteiger partial charge < -0.3 is 9.80 Å². The molecule has 2 aromatic rings. The molecule has 0 atom stereocenters. The first kappa shape index (κ1) is 20.1. The monoisotopic (exact) mass is 400 g/mol. The van der Waals surface area contributed by atoms with Crippen LogP contribution in [0.25, 0.3) is 0 Å². The molecule has 0 unspecified atom stereocenters. The largest absolute Gasteiger partial charge is 0.337 e. The van der Waals surface area contributed by atoms with Gasteiger partial charge in [0.25, 0.3) is 11.8 Å². The molecule has 0 spiro atoms. The van der Waals surface area contributed by atoms with E-state index in [9.17, 15) is 18.0 Å². The van der Waals surface area contributed by atoms with Crippen molar-refractivity contribution < 1.29 is 18.0 Å². The Hall–Kier alpha value is -2.67. The first-order valence-electron chi connectivity index (χ1n) is 9.21. The zero-order valence-corrected chi connectivity index (χ0v) is 16.9. The van der Waals surface area contributed by atoms with Crippen molar-refractivity contribution in [3.8, 4) is 0 Å². The van der Waals surface area contributed by atoms with Gasteiger partial charge in [-0.25, -0.2) is 8.42 Å². The molecule has 2 amide bonds. The maximum Gasteiger partial charge on any atom is 0.253 e.